The quantitative estimate of drug-likeness (QED) is 0.444. The van der Waals surface area contributed by atoms with E-state index in [0.717, 1.165) is 6.29 Å². The van der Waals surface area contributed by atoms with E-state index in [1.165, 1.54) is 0 Å². The third-order valence-corrected chi connectivity index (χ3v) is 3.44. The van der Waals surface area contributed by atoms with E-state index in [9.17, 15) is 9.59 Å². The number of hydrogen-bond donors (Lipinski definition) is 0. The number of carbonyl (C=O) groups excluding carboxylic acids is 2. The van der Waals surface area contributed by atoms with Gasteiger partial charge in [-0.2, -0.15) is 0 Å². The van der Waals surface area contributed by atoms with E-state index in [-0.39, 0.29) is 5.78 Å². The van der Waals surface area contributed by atoms with Gasteiger partial charge in [0.1, 0.15) is 6.29 Å². The summed E-state index contributed by atoms with van der Waals surface area (Å²) in [7, 11) is -1.34. The first-order valence-electron chi connectivity index (χ1n) is 5.01. The summed E-state index contributed by atoms with van der Waals surface area (Å²) in [6, 6.07) is 7.49. The third kappa shape index (κ3) is 3.79. The van der Waals surface area contributed by atoms with Crippen LogP contribution in [-0.2, 0) is 0 Å². The fourth-order valence-corrected chi connectivity index (χ4v) is 2.50. The molecule has 80 valence electrons. The highest BCUT2D eigenvalue weighted by atomic mass is 28.3. The van der Waals surface area contributed by atoms with Crippen molar-refractivity contribution in [3.05, 3.63) is 35.4 Å². The average molecular weight is 220 g/mol. The number of ketones is 1. The van der Waals surface area contributed by atoms with Gasteiger partial charge in [-0.25, -0.2) is 0 Å². The fraction of sp³-hybridized carbons (Fsp3) is 0.333. The third-order valence-electron chi connectivity index (χ3n) is 2.06. The minimum Gasteiger partial charge on any atom is -0.298 e. The molecule has 0 atom stereocenters. The van der Waals surface area contributed by atoms with Gasteiger partial charge in [0.05, 0.1) is 8.07 Å². The molecule has 1 aromatic rings. The Morgan fingerprint density at radius 2 is 1.73 bits per heavy atom. The summed E-state index contributed by atoms with van der Waals surface area (Å²) in [6.07, 6.45) is 0.784. The summed E-state index contributed by atoms with van der Waals surface area (Å²) >= 11 is 0. The molecule has 0 aliphatic rings. The predicted octanol–water partition coefficient (Wildman–Crippen LogP) is 3.02. The van der Waals surface area contributed by atoms with Crippen LogP contribution in [0.15, 0.2) is 24.3 Å². The van der Waals surface area contributed by atoms with Crippen LogP contribution >= 0.6 is 0 Å². The van der Waals surface area contributed by atoms with Gasteiger partial charge in [0.15, 0.2) is 5.78 Å². The van der Waals surface area contributed by atoms with E-state index in [1.54, 1.807) is 24.3 Å². The van der Waals surface area contributed by atoms with Crippen LogP contribution in [0.25, 0.3) is 0 Å². The Labute approximate surface area is 91.3 Å². The van der Waals surface area contributed by atoms with Crippen LogP contribution in [0.4, 0.5) is 0 Å². The molecule has 0 aromatic heterocycles. The van der Waals surface area contributed by atoms with Gasteiger partial charge in [-0.05, 0) is 0 Å². The second-order valence-electron chi connectivity index (χ2n) is 4.90. The molecule has 0 bridgehead atoms. The maximum Gasteiger partial charge on any atom is 0.160 e. The lowest BCUT2D eigenvalue weighted by atomic mass is 10.1. The molecule has 15 heavy (non-hydrogen) atoms. The number of carbonyl (C=O) groups is 2. The fourth-order valence-electron chi connectivity index (χ4n) is 1.33. The van der Waals surface area contributed by atoms with E-state index >= 15 is 0 Å². The van der Waals surface area contributed by atoms with Crippen LogP contribution < -0.4 is 0 Å². The molecule has 0 saturated carbocycles. The Balaban J connectivity index is 2.79. The molecule has 1 aromatic carbocycles. The van der Waals surface area contributed by atoms with Crippen molar-refractivity contribution < 1.29 is 9.59 Å². The van der Waals surface area contributed by atoms with Gasteiger partial charge in [0.25, 0.3) is 0 Å². The zero-order valence-electron chi connectivity index (χ0n) is 9.41. The maximum atomic E-state index is 11.8. The van der Waals surface area contributed by atoms with E-state index in [0.29, 0.717) is 17.2 Å². The molecule has 0 spiro atoms. The average Bonchev–Trinajstić information content (AvgIpc) is 2.15. The van der Waals surface area contributed by atoms with Gasteiger partial charge in [0, 0.05) is 17.2 Å². The Morgan fingerprint density at radius 3 is 2.13 bits per heavy atom. The van der Waals surface area contributed by atoms with Crippen LogP contribution in [0.1, 0.15) is 20.7 Å². The lowest BCUT2D eigenvalue weighted by molar-refractivity contribution is 0.101. The van der Waals surface area contributed by atoms with Crippen molar-refractivity contribution in [3.8, 4) is 0 Å². The summed E-state index contributed by atoms with van der Waals surface area (Å²) in [5.41, 5.74) is 1.32. The number of aldehydes is 1. The number of hydrogen-bond acceptors (Lipinski definition) is 2. The zero-order chi connectivity index (χ0) is 11.5. The lowest BCUT2D eigenvalue weighted by Gasteiger charge is -2.14. The summed E-state index contributed by atoms with van der Waals surface area (Å²) in [4.78, 5) is 22.2. The van der Waals surface area contributed by atoms with E-state index in [4.69, 9.17) is 0 Å². The summed E-state index contributed by atoms with van der Waals surface area (Å²) < 4.78 is 0. The van der Waals surface area contributed by atoms with Gasteiger partial charge in [0.2, 0.25) is 0 Å². The van der Waals surface area contributed by atoms with Gasteiger partial charge >= 0.3 is 0 Å². The Morgan fingerprint density at radius 1 is 1.20 bits per heavy atom. The van der Waals surface area contributed by atoms with Gasteiger partial charge in [-0.15, -0.1) is 0 Å². The Hall–Kier alpha value is -1.22. The molecule has 0 fully saturated rings. The molecule has 0 saturated heterocycles. The van der Waals surface area contributed by atoms with E-state index in [2.05, 4.69) is 19.6 Å². The summed E-state index contributed by atoms with van der Waals surface area (Å²) in [5, 5.41) is 0. The Bertz CT molecular complexity index is 360. The molecular weight excluding hydrogens is 204 g/mol. The van der Waals surface area contributed by atoms with Crippen molar-refractivity contribution in [2.45, 2.75) is 25.7 Å². The minimum absolute atomic E-state index is 0.187. The first kappa shape index (κ1) is 11.8. The molecular formula is C12H16O2Si. The smallest absolute Gasteiger partial charge is 0.160 e. The molecule has 0 aliphatic heterocycles. The first-order chi connectivity index (χ1) is 6.92. The lowest BCUT2D eigenvalue weighted by Crippen LogP contribution is -2.23. The van der Waals surface area contributed by atoms with Crippen molar-refractivity contribution in [1.82, 2.24) is 0 Å². The number of Topliss-reactive ketones (excluding diaryl/α,β-unsaturated/α-hetero) is 1. The number of rotatable bonds is 4. The topological polar surface area (TPSA) is 34.1 Å². The molecule has 0 heterocycles. The van der Waals surface area contributed by atoms with Crippen molar-refractivity contribution in [1.29, 1.82) is 0 Å². The standard InChI is InChI=1S/C12H16O2Si/c1-15(2,3)9-12(14)11-6-4-10(8-13)5-7-11/h4-8H,9H2,1-3H3. The van der Waals surface area contributed by atoms with Crippen LogP contribution in [0, 0.1) is 0 Å². The highest BCUT2D eigenvalue weighted by Crippen LogP contribution is 2.14. The normalized spacial score (nSPS) is 11.1. The molecule has 0 unspecified atom stereocenters. The molecule has 2 nitrogen and oxygen atoms in total. The summed E-state index contributed by atoms with van der Waals surface area (Å²) in [5.74, 6) is 0.187. The molecule has 0 N–H and O–H groups in total. The zero-order valence-corrected chi connectivity index (χ0v) is 10.4. The molecule has 0 amide bonds. The van der Waals surface area contributed by atoms with Crippen LogP contribution in [0.3, 0.4) is 0 Å². The molecule has 0 aliphatic carbocycles. The van der Waals surface area contributed by atoms with Gasteiger partial charge in [-0.3, -0.25) is 9.59 Å². The van der Waals surface area contributed by atoms with Gasteiger partial charge < -0.3 is 0 Å². The minimum atomic E-state index is -1.34. The highest BCUT2D eigenvalue weighted by molar-refractivity contribution is 6.79. The maximum absolute atomic E-state index is 11.8. The van der Waals surface area contributed by atoms with E-state index in [1.807, 2.05) is 0 Å². The van der Waals surface area contributed by atoms with Crippen molar-refractivity contribution in [3.63, 3.8) is 0 Å². The van der Waals surface area contributed by atoms with Crippen molar-refractivity contribution in [2.24, 2.45) is 0 Å². The number of benzene rings is 1. The van der Waals surface area contributed by atoms with Crippen molar-refractivity contribution in [2.75, 3.05) is 0 Å². The van der Waals surface area contributed by atoms with E-state index < -0.39 is 8.07 Å². The Kier molecular flexibility index (Phi) is 3.58. The summed E-state index contributed by atoms with van der Waals surface area (Å²) in [6.45, 7) is 6.51. The predicted molar refractivity (Wildman–Crippen MR) is 64.3 cm³/mol. The van der Waals surface area contributed by atoms with Crippen LogP contribution in [-0.4, -0.2) is 20.1 Å². The van der Waals surface area contributed by atoms with Gasteiger partial charge in [-0.1, -0.05) is 43.9 Å². The second-order valence-corrected chi connectivity index (χ2v) is 10.4. The van der Waals surface area contributed by atoms with Crippen LogP contribution in [0.5, 0.6) is 0 Å². The SMILES string of the molecule is C[Si](C)(C)CC(=O)c1ccc(C=O)cc1. The second kappa shape index (κ2) is 4.53. The largest absolute Gasteiger partial charge is 0.298 e. The highest BCUT2D eigenvalue weighted by Gasteiger charge is 2.18. The first-order valence-corrected chi connectivity index (χ1v) is 8.71. The molecule has 1 rings (SSSR count). The van der Waals surface area contributed by atoms with Crippen LogP contribution in [0.2, 0.25) is 25.7 Å². The molecule has 0 radical (unpaired) electrons. The monoisotopic (exact) mass is 220 g/mol. The molecule has 3 heteroatoms. The van der Waals surface area contributed by atoms with Crippen molar-refractivity contribution >= 4 is 20.1 Å².